The number of anilines is 1. The van der Waals surface area contributed by atoms with E-state index in [2.05, 4.69) is 20.3 Å². The summed E-state index contributed by atoms with van der Waals surface area (Å²) >= 11 is 0. The predicted molar refractivity (Wildman–Crippen MR) is 74.8 cm³/mol. The molecule has 3 N–H and O–H groups in total. The number of rotatable bonds is 4. The summed E-state index contributed by atoms with van der Waals surface area (Å²) in [6, 6.07) is 5.36. The van der Waals surface area contributed by atoms with Crippen LogP contribution in [-0.4, -0.2) is 34.6 Å². The molecule has 21 heavy (non-hydrogen) atoms. The third-order valence-electron chi connectivity index (χ3n) is 2.97. The lowest BCUT2D eigenvalue weighted by Gasteiger charge is -2.07. The minimum absolute atomic E-state index is 0.297. The molecule has 0 aliphatic heterocycles. The molecule has 0 fully saturated rings. The maximum Gasteiger partial charge on any atom is 0.263 e. The van der Waals surface area contributed by atoms with Crippen LogP contribution in [0.25, 0.3) is 22.8 Å². The molecule has 0 aliphatic carbocycles. The Morgan fingerprint density at radius 1 is 1.19 bits per heavy atom. The van der Waals surface area contributed by atoms with Crippen LogP contribution >= 0.6 is 0 Å². The van der Waals surface area contributed by atoms with Gasteiger partial charge in [-0.3, -0.25) is 5.10 Å². The largest absolute Gasteiger partial charge is 0.493 e. The molecule has 8 heteroatoms. The van der Waals surface area contributed by atoms with Gasteiger partial charge in [0.15, 0.2) is 11.5 Å². The zero-order chi connectivity index (χ0) is 14.8. The summed E-state index contributed by atoms with van der Waals surface area (Å²) in [6.07, 6.45) is 1.53. The van der Waals surface area contributed by atoms with Crippen molar-refractivity contribution in [2.45, 2.75) is 0 Å². The standard InChI is InChI=1S/C13H13N5O3/c1-19-9-4-3-7(5-10(9)20-2)12-16-13(21-18-12)8-6-15-17-11(8)14/h3-6H,1-2H3,(H3,14,15,17). The number of aromatic amines is 1. The van der Waals surface area contributed by atoms with Gasteiger partial charge in [0.2, 0.25) is 5.82 Å². The van der Waals surface area contributed by atoms with Crippen LogP contribution in [0.2, 0.25) is 0 Å². The van der Waals surface area contributed by atoms with Gasteiger partial charge in [-0.2, -0.15) is 10.1 Å². The first kappa shape index (κ1) is 13.0. The van der Waals surface area contributed by atoms with Gasteiger partial charge in [0.25, 0.3) is 5.89 Å². The molecule has 3 aromatic rings. The summed E-state index contributed by atoms with van der Waals surface area (Å²) in [5, 5.41) is 10.4. The van der Waals surface area contributed by atoms with Gasteiger partial charge >= 0.3 is 0 Å². The van der Waals surface area contributed by atoms with E-state index >= 15 is 0 Å². The molecule has 3 rings (SSSR count). The summed E-state index contributed by atoms with van der Waals surface area (Å²) in [4.78, 5) is 4.30. The highest BCUT2D eigenvalue weighted by Crippen LogP contribution is 2.32. The van der Waals surface area contributed by atoms with Gasteiger partial charge in [0.1, 0.15) is 11.4 Å². The van der Waals surface area contributed by atoms with Crippen molar-refractivity contribution in [1.29, 1.82) is 0 Å². The smallest absolute Gasteiger partial charge is 0.263 e. The van der Waals surface area contributed by atoms with Crippen molar-refractivity contribution in [2.75, 3.05) is 20.0 Å². The molecule has 0 bridgehead atoms. The molecule has 0 amide bonds. The lowest BCUT2D eigenvalue weighted by Crippen LogP contribution is -1.91. The molecule has 2 aromatic heterocycles. The highest BCUT2D eigenvalue weighted by atomic mass is 16.5. The van der Waals surface area contributed by atoms with Crippen LogP contribution in [0.15, 0.2) is 28.9 Å². The average molecular weight is 287 g/mol. The topological polar surface area (TPSA) is 112 Å². The Bertz CT molecular complexity index is 765. The number of nitrogens with one attached hydrogen (secondary N) is 1. The maximum atomic E-state index is 5.72. The molecule has 0 atom stereocenters. The summed E-state index contributed by atoms with van der Waals surface area (Å²) in [5.74, 6) is 2.31. The Morgan fingerprint density at radius 2 is 2.00 bits per heavy atom. The zero-order valence-corrected chi connectivity index (χ0v) is 11.5. The fraction of sp³-hybridized carbons (Fsp3) is 0.154. The van der Waals surface area contributed by atoms with Crippen LogP contribution in [0, 0.1) is 0 Å². The van der Waals surface area contributed by atoms with Crippen LogP contribution in [0.4, 0.5) is 5.82 Å². The van der Waals surface area contributed by atoms with E-state index in [1.54, 1.807) is 26.4 Å². The van der Waals surface area contributed by atoms with Crippen molar-refractivity contribution < 1.29 is 14.0 Å². The van der Waals surface area contributed by atoms with E-state index in [1.807, 2.05) is 6.07 Å². The van der Waals surface area contributed by atoms with Crippen LogP contribution in [0.1, 0.15) is 0 Å². The number of methoxy groups -OCH3 is 2. The van der Waals surface area contributed by atoms with Gasteiger partial charge in [0, 0.05) is 5.56 Å². The molecule has 0 radical (unpaired) electrons. The van der Waals surface area contributed by atoms with Crippen molar-refractivity contribution in [3.05, 3.63) is 24.4 Å². The molecule has 108 valence electrons. The SMILES string of the molecule is COc1ccc(-c2noc(-c3cn[nH]c3N)n2)cc1OC. The van der Waals surface area contributed by atoms with Gasteiger partial charge in [-0.25, -0.2) is 0 Å². The number of benzene rings is 1. The second-order valence-electron chi connectivity index (χ2n) is 4.19. The van der Waals surface area contributed by atoms with Crippen LogP contribution in [-0.2, 0) is 0 Å². The van der Waals surface area contributed by atoms with Crippen LogP contribution in [0.5, 0.6) is 11.5 Å². The third kappa shape index (κ3) is 2.27. The van der Waals surface area contributed by atoms with Crippen molar-refractivity contribution in [3.63, 3.8) is 0 Å². The Balaban J connectivity index is 1.98. The van der Waals surface area contributed by atoms with Gasteiger partial charge in [0.05, 0.1) is 20.4 Å². The summed E-state index contributed by atoms with van der Waals surface area (Å²) < 4.78 is 15.6. The van der Waals surface area contributed by atoms with Gasteiger partial charge < -0.3 is 19.7 Å². The number of hydrogen-bond donors (Lipinski definition) is 2. The Morgan fingerprint density at radius 3 is 2.67 bits per heavy atom. The predicted octanol–water partition coefficient (Wildman–Crippen LogP) is 1.73. The Kier molecular flexibility index (Phi) is 3.19. The van der Waals surface area contributed by atoms with E-state index in [0.717, 1.165) is 5.56 Å². The van der Waals surface area contributed by atoms with E-state index in [9.17, 15) is 0 Å². The van der Waals surface area contributed by atoms with E-state index in [1.165, 1.54) is 6.20 Å². The first-order valence-corrected chi connectivity index (χ1v) is 6.08. The number of hydrogen-bond acceptors (Lipinski definition) is 7. The zero-order valence-electron chi connectivity index (χ0n) is 11.5. The molecule has 0 saturated heterocycles. The van der Waals surface area contributed by atoms with E-state index in [4.69, 9.17) is 19.7 Å². The monoisotopic (exact) mass is 287 g/mol. The first-order valence-electron chi connectivity index (χ1n) is 6.08. The number of nitrogen functional groups attached to an aromatic ring is 1. The van der Waals surface area contributed by atoms with Gasteiger partial charge in [-0.05, 0) is 18.2 Å². The number of aromatic nitrogens is 4. The lowest BCUT2D eigenvalue weighted by atomic mass is 10.2. The Labute approximate surface area is 119 Å². The minimum Gasteiger partial charge on any atom is -0.493 e. The molecule has 8 nitrogen and oxygen atoms in total. The second-order valence-corrected chi connectivity index (χ2v) is 4.19. The molecule has 0 spiro atoms. The number of nitrogens with zero attached hydrogens (tertiary/aromatic N) is 3. The van der Waals surface area contributed by atoms with Gasteiger partial charge in [-0.15, -0.1) is 0 Å². The van der Waals surface area contributed by atoms with Crippen molar-refractivity contribution in [3.8, 4) is 34.3 Å². The fourth-order valence-electron chi connectivity index (χ4n) is 1.89. The number of nitrogens with two attached hydrogens (primary N) is 1. The molecule has 0 saturated carbocycles. The maximum absolute atomic E-state index is 5.72. The average Bonchev–Trinajstić information content (AvgIpc) is 3.15. The molecule has 2 heterocycles. The normalized spacial score (nSPS) is 10.6. The molecule has 1 aromatic carbocycles. The quantitative estimate of drug-likeness (QED) is 0.751. The van der Waals surface area contributed by atoms with Crippen molar-refractivity contribution in [1.82, 2.24) is 20.3 Å². The summed E-state index contributed by atoms with van der Waals surface area (Å²) in [5.41, 5.74) is 7.03. The minimum atomic E-state index is 0.297. The van der Waals surface area contributed by atoms with Crippen LogP contribution < -0.4 is 15.2 Å². The fourth-order valence-corrected chi connectivity index (χ4v) is 1.89. The van der Waals surface area contributed by atoms with E-state index < -0.39 is 0 Å². The highest BCUT2D eigenvalue weighted by molar-refractivity contribution is 5.68. The lowest BCUT2D eigenvalue weighted by molar-refractivity contribution is 0.355. The van der Waals surface area contributed by atoms with Gasteiger partial charge in [-0.1, -0.05) is 5.16 Å². The summed E-state index contributed by atoms with van der Waals surface area (Å²) in [6.45, 7) is 0. The Hall–Kier alpha value is -3.03. The van der Waals surface area contributed by atoms with Crippen LogP contribution in [0.3, 0.4) is 0 Å². The first-order chi connectivity index (χ1) is 10.2. The van der Waals surface area contributed by atoms with Crippen molar-refractivity contribution in [2.24, 2.45) is 0 Å². The molecule has 0 aliphatic rings. The van der Waals surface area contributed by atoms with E-state index in [0.29, 0.717) is 34.6 Å². The third-order valence-corrected chi connectivity index (χ3v) is 2.97. The second kappa shape index (κ2) is 5.16. The number of ether oxygens (including phenoxy) is 2. The highest BCUT2D eigenvalue weighted by Gasteiger charge is 2.15. The molecule has 0 unspecified atom stereocenters. The van der Waals surface area contributed by atoms with Crippen molar-refractivity contribution >= 4 is 5.82 Å². The van der Waals surface area contributed by atoms with E-state index in [-0.39, 0.29) is 0 Å². The molecular weight excluding hydrogens is 274 g/mol. The number of H-pyrrole nitrogens is 1. The summed E-state index contributed by atoms with van der Waals surface area (Å²) in [7, 11) is 3.14. The molecular formula is C13H13N5O3.